The fourth-order valence-electron chi connectivity index (χ4n) is 4.69. The van der Waals surface area contributed by atoms with Crippen LogP contribution in [0.1, 0.15) is 22.3 Å². The van der Waals surface area contributed by atoms with Gasteiger partial charge >= 0.3 is 5.69 Å². The lowest BCUT2D eigenvalue weighted by molar-refractivity contribution is -0.384. The van der Waals surface area contributed by atoms with Crippen molar-refractivity contribution in [1.82, 2.24) is 19.1 Å². The Hall–Kier alpha value is -5.49. The van der Waals surface area contributed by atoms with Gasteiger partial charge in [-0.15, -0.1) is 0 Å². The second-order valence-corrected chi connectivity index (χ2v) is 9.50. The molecule has 0 aliphatic carbocycles. The standard InChI is InChI=1S/C29H25N7O5/c1-41-23-12-6-19(7-13-23)15-35-28-25(31-29(35)38)24-27(32-26(33-28)21-8-10-22(11-9-21)36(39)40)34(17-30-24)14-18-2-4-20(16-37)5-3-18/h2-13,17,37H,14-16H2,1H3,(H,31,38)(H,32,33). The number of hydrogen-bond donors (Lipinski definition) is 3. The molecule has 0 bridgehead atoms. The number of ether oxygens (including phenoxy) is 1. The van der Waals surface area contributed by atoms with Crippen LogP contribution >= 0.6 is 0 Å². The molecule has 206 valence electrons. The van der Waals surface area contributed by atoms with Gasteiger partial charge in [0, 0.05) is 17.7 Å². The Labute approximate surface area is 233 Å². The van der Waals surface area contributed by atoms with Crippen LogP contribution in [0.15, 0.2) is 88.9 Å². The smallest absolute Gasteiger partial charge is 0.327 e. The molecule has 6 rings (SSSR count). The minimum absolute atomic E-state index is 0.0427. The third-order valence-electron chi connectivity index (χ3n) is 6.89. The zero-order chi connectivity index (χ0) is 28.5. The van der Waals surface area contributed by atoms with Gasteiger partial charge < -0.3 is 24.7 Å². The molecule has 41 heavy (non-hydrogen) atoms. The first-order chi connectivity index (χ1) is 19.9. The number of imidazole rings is 2. The van der Waals surface area contributed by atoms with E-state index in [1.54, 1.807) is 30.1 Å². The number of benzene rings is 3. The number of rotatable bonds is 8. The molecule has 0 saturated carbocycles. The van der Waals surface area contributed by atoms with Crippen molar-refractivity contribution in [3.63, 3.8) is 0 Å². The number of aliphatic imine (C=N–C) groups is 1. The lowest BCUT2D eigenvalue weighted by Gasteiger charge is -2.13. The van der Waals surface area contributed by atoms with Gasteiger partial charge in [0.1, 0.15) is 28.8 Å². The molecule has 0 atom stereocenters. The number of aliphatic hydroxyl groups is 1. The highest BCUT2D eigenvalue weighted by Gasteiger charge is 2.27. The summed E-state index contributed by atoms with van der Waals surface area (Å²) in [7, 11) is 1.59. The summed E-state index contributed by atoms with van der Waals surface area (Å²) in [4.78, 5) is 36.5. The average Bonchev–Trinajstić information content (AvgIpc) is 3.47. The Balaban J connectivity index is 1.46. The van der Waals surface area contributed by atoms with Gasteiger partial charge in [0.05, 0.1) is 38.1 Å². The van der Waals surface area contributed by atoms with E-state index < -0.39 is 4.92 Å². The molecular formula is C29H25N7O5. The first-order valence-corrected chi connectivity index (χ1v) is 12.7. The van der Waals surface area contributed by atoms with Crippen LogP contribution in [0.3, 0.4) is 0 Å². The fraction of sp³-hybridized carbons (Fsp3) is 0.138. The van der Waals surface area contributed by atoms with E-state index >= 15 is 0 Å². The number of amidine groups is 1. The molecule has 3 aromatic carbocycles. The number of fused-ring (bicyclic) bond motifs is 3. The van der Waals surface area contributed by atoms with Crippen LogP contribution in [0, 0.1) is 10.1 Å². The number of nitro benzene ring substituents is 1. The molecule has 0 spiro atoms. The van der Waals surface area contributed by atoms with Crippen molar-refractivity contribution in [3.05, 3.63) is 122 Å². The molecule has 0 unspecified atom stereocenters. The van der Waals surface area contributed by atoms with Crippen molar-refractivity contribution in [2.75, 3.05) is 12.4 Å². The summed E-state index contributed by atoms with van der Waals surface area (Å²) >= 11 is 0. The van der Waals surface area contributed by atoms with E-state index in [0.29, 0.717) is 46.7 Å². The predicted molar refractivity (Wildman–Crippen MR) is 153 cm³/mol. The summed E-state index contributed by atoms with van der Waals surface area (Å²) in [6.45, 7) is 0.665. The van der Waals surface area contributed by atoms with E-state index in [1.807, 2.05) is 53.1 Å². The highest BCUT2D eigenvalue weighted by molar-refractivity contribution is 6.12. The molecule has 1 aliphatic heterocycles. The second-order valence-electron chi connectivity index (χ2n) is 9.50. The lowest BCUT2D eigenvalue weighted by atomic mass is 10.1. The van der Waals surface area contributed by atoms with E-state index in [0.717, 1.165) is 16.7 Å². The number of methoxy groups -OCH3 is 1. The highest BCUT2D eigenvalue weighted by atomic mass is 16.6. The van der Waals surface area contributed by atoms with Crippen molar-refractivity contribution in [2.45, 2.75) is 19.7 Å². The van der Waals surface area contributed by atoms with Gasteiger partial charge in [-0.3, -0.25) is 14.7 Å². The van der Waals surface area contributed by atoms with E-state index in [2.05, 4.69) is 15.3 Å². The number of aromatic amines is 1. The number of non-ortho nitro benzene ring substituents is 1. The minimum atomic E-state index is -0.460. The van der Waals surface area contributed by atoms with Crippen molar-refractivity contribution in [3.8, 4) is 17.1 Å². The number of aliphatic hydroxyl groups excluding tert-OH is 1. The van der Waals surface area contributed by atoms with Crippen molar-refractivity contribution in [2.24, 2.45) is 4.99 Å². The Kier molecular flexibility index (Phi) is 6.65. The molecule has 12 nitrogen and oxygen atoms in total. The summed E-state index contributed by atoms with van der Waals surface area (Å²) in [6, 6.07) is 21.0. The normalized spacial score (nSPS) is 12.1. The number of H-pyrrole nitrogens is 1. The first kappa shape index (κ1) is 25.8. The van der Waals surface area contributed by atoms with Crippen LogP contribution in [-0.4, -0.2) is 42.1 Å². The Morgan fingerprint density at radius 2 is 1.61 bits per heavy atom. The van der Waals surface area contributed by atoms with Gasteiger partial charge in [0.2, 0.25) is 0 Å². The van der Waals surface area contributed by atoms with Gasteiger partial charge in [-0.2, -0.15) is 0 Å². The molecule has 3 N–H and O–H groups in total. The number of anilines is 1. The average molecular weight is 552 g/mol. The third kappa shape index (κ3) is 4.99. The topological polar surface area (TPSA) is 153 Å². The number of nitro groups is 1. The van der Waals surface area contributed by atoms with Gasteiger partial charge in [-0.1, -0.05) is 36.4 Å². The monoisotopic (exact) mass is 551 g/mol. The van der Waals surface area contributed by atoms with Crippen molar-refractivity contribution < 1.29 is 14.8 Å². The first-order valence-electron chi connectivity index (χ1n) is 12.7. The Bertz CT molecular complexity index is 1820. The maximum Gasteiger partial charge on any atom is 0.327 e. The van der Waals surface area contributed by atoms with Crippen LogP contribution < -0.4 is 15.7 Å². The minimum Gasteiger partial charge on any atom is -0.497 e. The van der Waals surface area contributed by atoms with Crippen LogP contribution in [0.4, 0.5) is 17.3 Å². The Morgan fingerprint density at radius 1 is 0.951 bits per heavy atom. The van der Waals surface area contributed by atoms with Gasteiger partial charge in [0.15, 0.2) is 5.82 Å². The summed E-state index contributed by atoms with van der Waals surface area (Å²) in [6.07, 6.45) is 1.66. The molecule has 0 amide bonds. The predicted octanol–water partition coefficient (Wildman–Crippen LogP) is 4.05. The molecule has 0 saturated heterocycles. The number of aromatic nitrogens is 4. The molecule has 12 heteroatoms. The SMILES string of the molecule is COc1ccc(Cn2c3c([nH]c2=O)-c2ncn(Cc4ccc(CO)cc4)c2N=C(c2ccc([N+](=O)[O-])cc2)N3)cc1. The van der Waals surface area contributed by atoms with Gasteiger partial charge in [-0.25, -0.2) is 14.8 Å². The van der Waals surface area contributed by atoms with Crippen molar-refractivity contribution in [1.29, 1.82) is 0 Å². The quantitative estimate of drug-likeness (QED) is 0.194. The molecule has 1 aliphatic rings. The largest absolute Gasteiger partial charge is 0.497 e. The van der Waals surface area contributed by atoms with Crippen LogP contribution in [0.2, 0.25) is 0 Å². The second kappa shape index (κ2) is 10.6. The van der Waals surface area contributed by atoms with E-state index in [-0.39, 0.29) is 24.5 Å². The van der Waals surface area contributed by atoms with Gasteiger partial charge in [0.25, 0.3) is 5.69 Å². The highest BCUT2D eigenvalue weighted by Crippen LogP contribution is 2.36. The zero-order valence-corrected chi connectivity index (χ0v) is 21.9. The summed E-state index contributed by atoms with van der Waals surface area (Å²) in [5, 5.41) is 23.9. The van der Waals surface area contributed by atoms with Crippen molar-refractivity contribution >= 4 is 23.2 Å². The van der Waals surface area contributed by atoms with E-state index in [4.69, 9.17) is 9.73 Å². The molecule has 5 aromatic rings. The van der Waals surface area contributed by atoms with Crippen LogP contribution in [-0.2, 0) is 19.7 Å². The summed E-state index contributed by atoms with van der Waals surface area (Å²) in [5.41, 5.74) is 3.85. The summed E-state index contributed by atoms with van der Waals surface area (Å²) in [5.74, 6) is 2.09. The molecule has 0 fully saturated rings. The summed E-state index contributed by atoms with van der Waals surface area (Å²) < 4.78 is 8.69. The van der Waals surface area contributed by atoms with E-state index in [9.17, 15) is 20.0 Å². The lowest BCUT2D eigenvalue weighted by Crippen LogP contribution is -2.22. The molecular weight excluding hydrogens is 526 g/mol. The molecule has 2 aromatic heterocycles. The third-order valence-corrected chi connectivity index (χ3v) is 6.89. The fourth-order valence-corrected chi connectivity index (χ4v) is 4.69. The maximum atomic E-state index is 13.2. The van der Waals surface area contributed by atoms with E-state index in [1.165, 1.54) is 12.1 Å². The number of nitrogens with zero attached hydrogens (tertiary/aromatic N) is 5. The molecule has 0 radical (unpaired) electrons. The number of nitrogens with one attached hydrogen (secondary N) is 2. The van der Waals surface area contributed by atoms with Crippen LogP contribution in [0.25, 0.3) is 11.4 Å². The maximum absolute atomic E-state index is 13.2. The zero-order valence-electron chi connectivity index (χ0n) is 21.9. The van der Waals surface area contributed by atoms with Gasteiger partial charge in [-0.05, 0) is 41.0 Å². The molecule has 3 heterocycles. The number of hydrogen-bond acceptors (Lipinski definition) is 8. The Morgan fingerprint density at radius 3 is 2.27 bits per heavy atom. The van der Waals surface area contributed by atoms with Crippen LogP contribution in [0.5, 0.6) is 5.75 Å².